The molecule has 2 aromatic rings. The number of nitrogens with zero attached hydrogens (tertiary/aromatic N) is 2. The summed E-state index contributed by atoms with van der Waals surface area (Å²) in [6.45, 7) is 0. The second-order valence-corrected chi connectivity index (χ2v) is 7.83. The summed E-state index contributed by atoms with van der Waals surface area (Å²) < 4.78 is 5.30. The number of benzene rings is 2. The lowest BCUT2D eigenvalue weighted by atomic mass is 10.0. The fourth-order valence-corrected chi connectivity index (χ4v) is 4.02. The van der Waals surface area contributed by atoms with Crippen LogP contribution in [0.1, 0.15) is 15.9 Å². The maximum absolute atomic E-state index is 12.8. The molecule has 148 valence electrons. The smallest absolute Gasteiger partial charge is 0.349 e. The van der Waals surface area contributed by atoms with E-state index in [1.54, 1.807) is 12.1 Å². The number of carbonyl (C=O) groups excluding carboxylic acids is 3. The lowest BCUT2D eigenvalue weighted by Crippen LogP contribution is -2.30. The van der Waals surface area contributed by atoms with Crippen LogP contribution in [0.25, 0.3) is 6.08 Å². The molecule has 0 aliphatic carbocycles. The number of non-ortho nitro benzene ring substituents is 1. The number of rotatable bonds is 3. The molecule has 0 unspecified atom stereocenters. The molecule has 0 aromatic heterocycles. The van der Waals surface area contributed by atoms with Crippen LogP contribution in [-0.4, -0.2) is 31.8 Å². The Morgan fingerprint density at radius 3 is 2.47 bits per heavy atom. The number of carbonyl (C=O) groups is 3. The number of fused-ring (bicyclic) bond motifs is 1. The van der Waals surface area contributed by atoms with Gasteiger partial charge in [0.25, 0.3) is 11.6 Å². The molecular weight excluding hydrogens is 428 g/mol. The number of Topliss-reactive ketones (excluding diaryl/α,β-unsaturated/α-hetero) is 1. The molecule has 2 aliphatic rings. The number of para-hydroxylation sites is 1. The van der Waals surface area contributed by atoms with Crippen LogP contribution in [0.2, 0.25) is 0 Å². The maximum atomic E-state index is 12.8. The molecule has 0 spiro atoms. The number of nitro benzene ring substituents is 1. The Hall–Kier alpha value is -3.63. The average molecular weight is 438 g/mol. The molecule has 0 saturated carbocycles. The molecule has 0 bridgehead atoms. The highest BCUT2D eigenvalue weighted by molar-refractivity contribution is 8.26. The molecule has 1 fully saturated rings. The van der Waals surface area contributed by atoms with E-state index >= 15 is 0 Å². The summed E-state index contributed by atoms with van der Waals surface area (Å²) in [4.78, 5) is 49.2. The normalized spacial score (nSPS) is 18.7. The lowest BCUT2D eigenvalue weighted by molar-refractivity contribution is -0.384. The van der Waals surface area contributed by atoms with Crippen molar-refractivity contribution in [2.75, 3.05) is 0 Å². The second kappa shape index (κ2) is 7.65. The first-order valence-electron chi connectivity index (χ1n) is 8.44. The molecule has 2 aliphatic heterocycles. The number of nitro groups is 1. The lowest BCUT2D eigenvalue weighted by Gasteiger charge is -2.18. The fraction of sp³-hybridized carbons (Fsp3) is 0. The van der Waals surface area contributed by atoms with Gasteiger partial charge in [0.1, 0.15) is 11.3 Å². The third kappa shape index (κ3) is 3.53. The molecule has 4 rings (SSSR count). The minimum atomic E-state index is -0.868. The van der Waals surface area contributed by atoms with E-state index in [0.717, 1.165) is 22.9 Å². The highest BCUT2D eigenvalue weighted by atomic mass is 32.2. The van der Waals surface area contributed by atoms with Crippen molar-refractivity contribution in [3.8, 4) is 5.75 Å². The van der Waals surface area contributed by atoms with Gasteiger partial charge in [-0.2, -0.15) is 0 Å². The zero-order valence-electron chi connectivity index (χ0n) is 14.9. The zero-order valence-corrected chi connectivity index (χ0v) is 16.6. The van der Waals surface area contributed by atoms with Crippen LogP contribution in [0.5, 0.6) is 5.75 Å². The monoisotopic (exact) mass is 438 g/mol. The summed E-state index contributed by atoms with van der Waals surface area (Å²) in [6, 6.07) is 12.0. The van der Waals surface area contributed by atoms with Gasteiger partial charge in [0.2, 0.25) is 5.78 Å². The fourth-order valence-electron chi connectivity index (χ4n) is 2.81. The second-order valence-electron chi connectivity index (χ2n) is 6.16. The van der Waals surface area contributed by atoms with E-state index in [4.69, 9.17) is 17.0 Å². The zero-order chi connectivity index (χ0) is 21.4. The van der Waals surface area contributed by atoms with Crippen LogP contribution in [0.15, 0.2) is 65.2 Å². The molecule has 30 heavy (non-hydrogen) atoms. The highest BCUT2D eigenvalue weighted by Gasteiger charge is 2.36. The first kappa shape index (κ1) is 19.7. The van der Waals surface area contributed by atoms with Crippen molar-refractivity contribution in [3.05, 3.63) is 86.5 Å². The largest absolute Gasteiger partial charge is 0.422 e. The maximum Gasteiger partial charge on any atom is 0.349 e. The van der Waals surface area contributed by atoms with Crippen molar-refractivity contribution < 1.29 is 24.0 Å². The minimum absolute atomic E-state index is 0.0703. The van der Waals surface area contributed by atoms with E-state index in [0.29, 0.717) is 5.56 Å². The molecule has 2 aromatic carbocycles. The van der Waals surface area contributed by atoms with Crippen LogP contribution < -0.4 is 4.74 Å². The van der Waals surface area contributed by atoms with Crippen LogP contribution in [0, 0.1) is 10.1 Å². The van der Waals surface area contributed by atoms with Gasteiger partial charge in [-0.1, -0.05) is 36.1 Å². The quantitative estimate of drug-likeness (QED) is 0.136. The van der Waals surface area contributed by atoms with Gasteiger partial charge < -0.3 is 4.74 Å². The van der Waals surface area contributed by atoms with Crippen LogP contribution in [0.3, 0.4) is 0 Å². The molecule has 10 heteroatoms. The Bertz CT molecular complexity index is 1200. The van der Waals surface area contributed by atoms with E-state index in [9.17, 15) is 24.5 Å². The van der Waals surface area contributed by atoms with Crippen molar-refractivity contribution in [2.45, 2.75) is 0 Å². The first-order chi connectivity index (χ1) is 14.3. The van der Waals surface area contributed by atoms with Crippen molar-refractivity contribution in [2.24, 2.45) is 0 Å². The van der Waals surface area contributed by atoms with Crippen molar-refractivity contribution in [3.63, 3.8) is 0 Å². The van der Waals surface area contributed by atoms with Gasteiger partial charge in [-0.15, -0.1) is 0 Å². The van der Waals surface area contributed by atoms with Crippen molar-refractivity contribution in [1.82, 2.24) is 4.90 Å². The van der Waals surface area contributed by atoms with Gasteiger partial charge >= 0.3 is 5.97 Å². The van der Waals surface area contributed by atoms with Crippen LogP contribution >= 0.6 is 24.0 Å². The van der Waals surface area contributed by atoms with Gasteiger partial charge in [-0.3, -0.25) is 24.6 Å². The highest BCUT2D eigenvalue weighted by Crippen LogP contribution is 2.35. The average Bonchev–Trinajstić information content (AvgIpc) is 2.98. The Kier molecular flexibility index (Phi) is 5.02. The standard InChI is InChI=1S/C20H10N2O6S2/c23-17-13-3-1-2-4-15(13)28-19(25)14(17)10-21-18(24)16(30-20(21)29)9-11-5-7-12(8-6-11)22(26)27/h1-10H/b14-10-,16-9?. The summed E-state index contributed by atoms with van der Waals surface area (Å²) in [5.41, 5.74) is 0.409. The first-order valence-corrected chi connectivity index (χ1v) is 9.67. The predicted molar refractivity (Wildman–Crippen MR) is 113 cm³/mol. The van der Waals surface area contributed by atoms with Gasteiger partial charge in [-0.25, -0.2) is 4.79 Å². The molecule has 0 N–H and O–H groups in total. The molecular formula is C20H10N2O6S2. The predicted octanol–water partition coefficient (Wildman–Crippen LogP) is 3.48. The van der Waals surface area contributed by atoms with Crippen molar-refractivity contribution >= 4 is 57.7 Å². The SMILES string of the molecule is O=C1Oc2ccccc2C(=O)/C1=C/N1C(=O)C(=Cc2ccc([N+](=O)[O-])cc2)SC1=S. The Morgan fingerprint density at radius 2 is 1.77 bits per heavy atom. The van der Waals surface area contributed by atoms with Crippen LogP contribution in [0.4, 0.5) is 5.69 Å². The molecule has 1 amide bonds. The Morgan fingerprint density at radius 1 is 1.07 bits per heavy atom. The molecule has 1 saturated heterocycles. The molecule has 8 nitrogen and oxygen atoms in total. The number of hydrogen-bond acceptors (Lipinski definition) is 8. The van der Waals surface area contributed by atoms with E-state index < -0.39 is 22.6 Å². The summed E-state index contributed by atoms with van der Waals surface area (Å²) in [7, 11) is 0. The summed E-state index contributed by atoms with van der Waals surface area (Å²) >= 11 is 6.21. The van der Waals surface area contributed by atoms with E-state index in [1.165, 1.54) is 42.5 Å². The Labute approximate surface area is 179 Å². The molecule has 2 heterocycles. The van der Waals surface area contributed by atoms with Gasteiger partial charge in [0, 0.05) is 18.3 Å². The third-order valence-electron chi connectivity index (χ3n) is 4.28. The number of ketones is 1. The van der Waals surface area contributed by atoms with E-state index in [2.05, 4.69) is 0 Å². The summed E-state index contributed by atoms with van der Waals surface area (Å²) in [6.07, 6.45) is 2.62. The number of hydrogen-bond donors (Lipinski definition) is 0. The Balaban J connectivity index is 1.62. The van der Waals surface area contributed by atoms with E-state index in [-0.39, 0.29) is 31.8 Å². The number of thioether (sulfide) groups is 1. The number of amides is 1. The topological polar surface area (TPSA) is 107 Å². The number of ether oxygens (including phenoxy) is 1. The third-order valence-corrected chi connectivity index (χ3v) is 5.61. The van der Waals surface area contributed by atoms with Crippen molar-refractivity contribution in [1.29, 1.82) is 0 Å². The summed E-state index contributed by atoms with van der Waals surface area (Å²) in [5.74, 6) is -1.79. The molecule has 0 radical (unpaired) electrons. The van der Waals surface area contributed by atoms with E-state index in [1.807, 2.05) is 0 Å². The number of esters is 1. The van der Waals surface area contributed by atoms with Gasteiger partial charge in [-0.05, 0) is 35.9 Å². The van der Waals surface area contributed by atoms with Gasteiger partial charge in [0.05, 0.1) is 15.4 Å². The summed E-state index contributed by atoms with van der Waals surface area (Å²) in [5, 5.41) is 10.8. The van der Waals surface area contributed by atoms with Crippen LogP contribution in [-0.2, 0) is 9.59 Å². The minimum Gasteiger partial charge on any atom is -0.422 e. The van der Waals surface area contributed by atoms with Gasteiger partial charge in [0.15, 0.2) is 4.32 Å². The molecule has 0 atom stereocenters. The number of thiocarbonyl (C=S) groups is 1.